The second-order valence-corrected chi connectivity index (χ2v) is 6.13. The van der Waals surface area contributed by atoms with E-state index in [1.165, 1.54) is 13.2 Å². The summed E-state index contributed by atoms with van der Waals surface area (Å²) in [6, 6.07) is 6.46. The summed E-state index contributed by atoms with van der Waals surface area (Å²) in [6.07, 6.45) is 0. The van der Waals surface area contributed by atoms with Crippen LogP contribution in [-0.4, -0.2) is 30.3 Å². The molecule has 0 aromatic heterocycles. The van der Waals surface area contributed by atoms with E-state index in [0.29, 0.717) is 11.3 Å². The highest BCUT2D eigenvalue weighted by atomic mass is 16.6. The highest BCUT2D eigenvalue weighted by Crippen LogP contribution is 2.23. The average Bonchev–Trinajstić information content (AvgIpc) is 2.35. The topological polar surface area (TPSA) is 61.8 Å². The first-order chi connectivity index (χ1) is 9.55. The smallest absolute Gasteiger partial charge is 0.350 e. The number of esters is 2. The molecule has 0 saturated heterocycles. The molecule has 0 unspecified atom stereocenters. The van der Waals surface area contributed by atoms with Crippen molar-refractivity contribution in [2.75, 3.05) is 7.11 Å². The first-order valence-corrected chi connectivity index (χ1v) is 6.66. The van der Waals surface area contributed by atoms with Crippen LogP contribution in [0, 0.1) is 0 Å². The van der Waals surface area contributed by atoms with Gasteiger partial charge in [-0.2, -0.15) is 0 Å². The van der Waals surface area contributed by atoms with Gasteiger partial charge in [0.15, 0.2) is 5.60 Å². The molecule has 21 heavy (non-hydrogen) atoms. The molecule has 116 valence electrons. The lowest BCUT2D eigenvalue weighted by molar-refractivity contribution is -0.170. The third-order valence-electron chi connectivity index (χ3n) is 2.52. The summed E-state index contributed by atoms with van der Waals surface area (Å²) >= 11 is 0. The minimum atomic E-state index is -1.16. The minimum absolute atomic E-state index is 0.356. The van der Waals surface area contributed by atoms with Crippen LogP contribution in [0.2, 0.25) is 0 Å². The SMILES string of the molecule is COC(=O)c1cccc(OC(C)(C)C(=O)OC(C)(C)C)c1. The molecule has 5 nitrogen and oxygen atoms in total. The zero-order valence-electron chi connectivity index (χ0n) is 13.4. The average molecular weight is 294 g/mol. The maximum absolute atomic E-state index is 12.1. The minimum Gasteiger partial charge on any atom is -0.476 e. The quantitative estimate of drug-likeness (QED) is 0.799. The van der Waals surface area contributed by atoms with Crippen LogP contribution in [-0.2, 0) is 14.3 Å². The van der Waals surface area contributed by atoms with Gasteiger partial charge in [-0.25, -0.2) is 9.59 Å². The van der Waals surface area contributed by atoms with Crippen molar-refractivity contribution in [3.63, 3.8) is 0 Å². The van der Waals surface area contributed by atoms with Crippen LogP contribution in [0.15, 0.2) is 24.3 Å². The molecule has 0 amide bonds. The van der Waals surface area contributed by atoms with E-state index in [2.05, 4.69) is 4.74 Å². The zero-order valence-corrected chi connectivity index (χ0v) is 13.4. The predicted molar refractivity (Wildman–Crippen MR) is 78.3 cm³/mol. The molecule has 0 fully saturated rings. The van der Waals surface area contributed by atoms with Crippen molar-refractivity contribution in [3.8, 4) is 5.75 Å². The summed E-state index contributed by atoms with van der Waals surface area (Å²) in [7, 11) is 1.31. The van der Waals surface area contributed by atoms with E-state index >= 15 is 0 Å². The third-order valence-corrected chi connectivity index (χ3v) is 2.52. The van der Waals surface area contributed by atoms with Crippen molar-refractivity contribution in [1.29, 1.82) is 0 Å². The molecular formula is C16H22O5. The first-order valence-electron chi connectivity index (χ1n) is 6.66. The van der Waals surface area contributed by atoms with Crippen LogP contribution in [0.4, 0.5) is 0 Å². The standard InChI is InChI=1S/C16H22O5/c1-15(2,3)21-14(18)16(4,5)20-12-9-7-8-11(10-12)13(17)19-6/h7-10H,1-6H3. The molecule has 1 aromatic rings. The van der Waals surface area contributed by atoms with Crippen LogP contribution in [0.5, 0.6) is 5.75 Å². The molecule has 0 saturated carbocycles. The number of benzene rings is 1. The molecule has 0 aliphatic carbocycles. The Labute approximate surface area is 125 Å². The van der Waals surface area contributed by atoms with E-state index in [4.69, 9.17) is 9.47 Å². The first kappa shape index (κ1) is 17.0. The maximum Gasteiger partial charge on any atom is 0.350 e. The van der Waals surface area contributed by atoms with Gasteiger partial charge in [-0.1, -0.05) is 6.07 Å². The highest BCUT2D eigenvalue weighted by molar-refractivity contribution is 5.89. The number of methoxy groups -OCH3 is 1. The molecule has 0 aliphatic rings. The van der Waals surface area contributed by atoms with Gasteiger partial charge in [0.05, 0.1) is 12.7 Å². The molecule has 1 rings (SSSR count). The number of hydrogen-bond donors (Lipinski definition) is 0. The Bertz CT molecular complexity index is 526. The molecule has 0 heterocycles. The fourth-order valence-electron chi connectivity index (χ4n) is 1.54. The molecule has 0 spiro atoms. The van der Waals surface area contributed by atoms with Gasteiger partial charge in [-0.05, 0) is 52.8 Å². The Hall–Kier alpha value is -2.04. The van der Waals surface area contributed by atoms with E-state index in [1.54, 1.807) is 52.8 Å². The summed E-state index contributed by atoms with van der Waals surface area (Å²) in [5.74, 6) is -0.539. The monoisotopic (exact) mass is 294 g/mol. The van der Waals surface area contributed by atoms with Crippen LogP contribution in [0.25, 0.3) is 0 Å². The van der Waals surface area contributed by atoms with Crippen molar-refractivity contribution in [1.82, 2.24) is 0 Å². The van der Waals surface area contributed by atoms with Gasteiger partial charge in [-0.3, -0.25) is 0 Å². The second-order valence-electron chi connectivity index (χ2n) is 6.13. The lowest BCUT2D eigenvalue weighted by atomic mass is 10.1. The van der Waals surface area contributed by atoms with Gasteiger partial charge in [-0.15, -0.1) is 0 Å². The molecule has 0 bridgehead atoms. The van der Waals surface area contributed by atoms with Gasteiger partial charge in [0.1, 0.15) is 11.4 Å². The van der Waals surface area contributed by atoms with Crippen LogP contribution < -0.4 is 4.74 Å². The normalized spacial score (nSPS) is 11.7. The van der Waals surface area contributed by atoms with Gasteiger partial charge in [0.2, 0.25) is 0 Å². The zero-order chi connectivity index (χ0) is 16.3. The molecule has 1 aromatic carbocycles. The number of carbonyl (C=O) groups excluding carboxylic acids is 2. The summed E-state index contributed by atoms with van der Waals surface area (Å²) in [5, 5.41) is 0. The fraction of sp³-hybridized carbons (Fsp3) is 0.500. The summed E-state index contributed by atoms with van der Waals surface area (Å²) < 4.78 is 15.6. The van der Waals surface area contributed by atoms with E-state index < -0.39 is 23.1 Å². The number of rotatable bonds is 4. The van der Waals surface area contributed by atoms with Crippen molar-refractivity contribution in [2.45, 2.75) is 45.8 Å². The van der Waals surface area contributed by atoms with Crippen molar-refractivity contribution in [2.24, 2.45) is 0 Å². The molecule has 5 heteroatoms. The van der Waals surface area contributed by atoms with Gasteiger partial charge in [0, 0.05) is 0 Å². The molecule has 0 radical (unpaired) electrons. The summed E-state index contributed by atoms with van der Waals surface area (Å²) in [6.45, 7) is 8.61. The highest BCUT2D eigenvalue weighted by Gasteiger charge is 2.34. The Balaban J connectivity index is 2.89. The Kier molecular flexibility index (Phi) is 4.99. The second kappa shape index (κ2) is 6.16. The van der Waals surface area contributed by atoms with Gasteiger partial charge < -0.3 is 14.2 Å². The van der Waals surface area contributed by atoms with Crippen LogP contribution >= 0.6 is 0 Å². The molecular weight excluding hydrogens is 272 g/mol. The van der Waals surface area contributed by atoms with Crippen LogP contribution in [0.3, 0.4) is 0 Å². The number of hydrogen-bond acceptors (Lipinski definition) is 5. The van der Waals surface area contributed by atoms with E-state index in [1.807, 2.05) is 0 Å². The fourth-order valence-corrected chi connectivity index (χ4v) is 1.54. The number of carbonyl (C=O) groups is 2. The lowest BCUT2D eigenvalue weighted by Gasteiger charge is -2.29. The maximum atomic E-state index is 12.1. The number of ether oxygens (including phenoxy) is 3. The van der Waals surface area contributed by atoms with Crippen molar-refractivity contribution < 1.29 is 23.8 Å². The Morgan fingerprint density at radius 3 is 2.19 bits per heavy atom. The Morgan fingerprint density at radius 2 is 1.67 bits per heavy atom. The van der Waals surface area contributed by atoms with Gasteiger partial charge in [0.25, 0.3) is 0 Å². The largest absolute Gasteiger partial charge is 0.476 e. The van der Waals surface area contributed by atoms with E-state index in [-0.39, 0.29) is 0 Å². The lowest BCUT2D eigenvalue weighted by Crippen LogP contribution is -2.43. The summed E-state index contributed by atoms with van der Waals surface area (Å²) in [5.41, 5.74) is -1.40. The predicted octanol–water partition coefficient (Wildman–Crippen LogP) is 2.97. The van der Waals surface area contributed by atoms with Crippen molar-refractivity contribution in [3.05, 3.63) is 29.8 Å². The van der Waals surface area contributed by atoms with Crippen molar-refractivity contribution >= 4 is 11.9 Å². The molecule has 0 atom stereocenters. The van der Waals surface area contributed by atoms with Crippen LogP contribution in [0.1, 0.15) is 45.0 Å². The molecule has 0 N–H and O–H groups in total. The summed E-state index contributed by atoms with van der Waals surface area (Å²) in [4.78, 5) is 23.6. The molecule has 0 aliphatic heterocycles. The van der Waals surface area contributed by atoms with E-state index in [0.717, 1.165) is 0 Å². The third kappa shape index (κ3) is 5.10. The van der Waals surface area contributed by atoms with E-state index in [9.17, 15) is 9.59 Å². The Morgan fingerprint density at radius 1 is 1.05 bits per heavy atom. The van der Waals surface area contributed by atoms with Gasteiger partial charge >= 0.3 is 11.9 Å².